The van der Waals surface area contributed by atoms with Crippen LogP contribution in [0.25, 0.3) is 10.7 Å². The van der Waals surface area contributed by atoms with Gasteiger partial charge in [0.2, 0.25) is 5.13 Å². The summed E-state index contributed by atoms with van der Waals surface area (Å²) >= 11 is 1.51. The number of rotatable bonds is 6. The summed E-state index contributed by atoms with van der Waals surface area (Å²) in [6.45, 7) is 3.06. The first-order valence-electron chi connectivity index (χ1n) is 9.25. The maximum absolute atomic E-state index is 9.27. The van der Waals surface area contributed by atoms with E-state index in [4.69, 9.17) is 0 Å². The Morgan fingerprint density at radius 2 is 1.89 bits per heavy atom. The average Bonchev–Trinajstić information content (AvgIpc) is 3.22. The zero-order valence-corrected chi connectivity index (χ0v) is 15.9. The van der Waals surface area contributed by atoms with Gasteiger partial charge in [-0.25, -0.2) is 0 Å². The molecular formula is C20H23N5OS. The molecule has 1 fully saturated rings. The monoisotopic (exact) mass is 381 g/mol. The molecule has 0 spiro atoms. The van der Waals surface area contributed by atoms with Crippen molar-refractivity contribution in [3.63, 3.8) is 0 Å². The van der Waals surface area contributed by atoms with Crippen LogP contribution in [-0.4, -0.2) is 40.0 Å². The van der Waals surface area contributed by atoms with Gasteiger partial charge in [-0.15, -0.1) is 10.2 Å². The minimum Gasteiger partial charge on any atom is -0.396 e. The Balaban J connectivity index is 1.32. The molecule has 1 aromatic carbocycles. The van der Waals surface area contributed by atoms with Gasteiger partial charge in [0, 0.05) is 38.1 Å². The van der Waals surface area contributed by atoms with Crippen molar-refractivity contribution in [1.82, 2.24) is 15.2 Å². The Morgan fingerprint density at radius 1 is 1.07 bits per heavy atom. The number of hydrogen-bond acceptors (Lipinski definition) is 7. The van der Waals surface area contributed by atoms with Gasteiger partial charge in [0.15, 0.2) is 5.01 Å². The van der Waals surface area contributed by atoms with Crippen LogP contribution in [0.15, 0.2) is 48.7 Å². The van der Waals surface area contributed by atoms with E-state index < -0.39 is 0 Å². The van der Waals surface area contributed by atoms with Crippen LogP contribution in [0.2, 0.25) is 0 Å². The molecule has 0 amide bonds. The first kappa shape index (κ1) is 17.9. The largest absolute Gasteiger partial charge is 0.396 e. The summed E-state index contributed by atoms with van der Waals surface area (Å²) in [5.41, 5.74) is 3.31. The highest BCUT2D eigenvalue weighted by molar-refractivity contribution is 7.18. The summed E-state index contributed by atoms with van der Waals surface area (Å²) in [6.07, 6.45) is 3.89. The Hall–Kier alpha value is -2.51. The van der Waals surface area contributed by atoms with Crippen LogP contribution in [0, 0.1) is 5.92 Å². The van der Waals surface area contributed by atoms with Crippen molar-refractivity contribution >= 4 is 22.2 Å². The van der Waals surface area contributed by atoms with Crippen molar-refractivity contribution in [2.45, 2.75) is 19.4 Å². The summed E-state index contributed by atoms with van der Waals surface area (Å²) in [5.74, 6) is 0.465. The minimum atomic E-state index is 0.312. The fourth-order valence-electron chi connectivity index (χ4n) is 3.26. The topological polar surface area (TPSA) is 74.2 Å². The van der Waals surface area contributed by atoms with Crippen molar-refractivity contribution in [3.05, 3.63) is 54.2 Å². The average molecular weight is 382 g/mol. The fraction of sp³-hybridized carbons (Fsp3) is 0.350. The van der Waals surface area contributed by atoms with E-state index in [1.165, 1.54) is 22.6 Å². The van der Waals surface area contributed by atoms with E-state index in [1.54, 1.807) is 6.20 Å². The number of aromatic nitrogens is 3. The van der Waals surface area contributed by atoms with Crippen molar-refractivity contribution in [3.8, 4) is 10.7 Å². The molecule has 0 bridgehead atoms. The molecule has 3 heterocycles. The lowest BCUT2D eigenvalue weighted by Crippen LogP contribution is -2.34. The van der Waals surface area contributed by atoms with Crippen LogP contribution < -0.4 is 10.2 Å². The molecule has 27 heavy (non-hydrogen) atoms. The molecule has 7 heteroatoms. The number of benzene rings is 1. The molecule has 6 nitrogen and oxygen atoms in total. The molecule has 0 aliphatic carbocycles. The van der Waals surface area contributed by atoms with Crippen LogP contribution in [0.3, 0.4) is 0 Å². The highest BCUT2D eigenvalue weighted by Crippen LogP contribution is 2.26. The van der Waals surface area contributed by atoms with Gasteiger partial charge in [0.25, 0.3) is 0 Å². The number of anilines is 2. The molecule has 1 saturated heterocycles. The zero-order chi connectivity index (χ0) is 18.5. The van der Waals surface area contributed by atoms with Crippen LogP contribution in [0.5, 0.6) is 0 Å². The Kier molecular flexibility index (Phi) is 5.60. The smallest absolute Gasteiger partial charge is 0.206 e. The number of aliphatic hydroxyl groups excluding tert-OH is 1. The van der Waals surface area contributed by atoms with E-state index in [0.29, 0.717) is 19.1 Å². The first-order valence-corrected chi connectivity index (χ1v) is 10.1. The van der Waals surface area contributed by atoms with Gasteiger partial charge in [-0.3, -0.25) is 4.98 Å². The molecule has 140 valence electrons. The Morgan fingerprint density at radius 3 is 2.59 bits per heavy atom. The molecule has 2 aromatic heterocycles. The number of piperidine rings is 1. The van der Waals surface area contributed by atoms with Crippen molar-refractivity contribution in [2.24, 2.45) is 5.92 Å². The maximum Gasteiger partial charge on any atom is 0.206 e. The lowest BCUT2D eigenvalue weighted by Gasteiger charge is -2.33. The van der Waals surface area contributed by atoms with E-state index in [9.17, 15) is 5.11 Å². The second kappa shape index (κ2) is 8.45. The van der Waals surface area contributed by atoms with Gasteiger partial charge in [-0.2, -0.15) is 0 Å². The van der Waals surface area contributed by atoms with Gasteiger partial charge < -0.3 is 15.3 Å². The van der Waals surface area contributed by atoms with Crippen molar-refractivity contribution in [2.75, 3.05) is 29.9 Å². The molecule has 0 unspecified atom stereocenters. The second-order valence-electron chi connectivity index (χ2n) is 6.76. The summed E-state index contributed by atoms with van der Waals surface area (Å²) in [5, 5.41) is 22.6. The van der Waals surface area contributed by atoms with Gasteiger partial charge >= 0.3 is 0 Å². The van der Waals surface area contributed by atoms with E-state index in [-0.39, 0.29) is 0 Å². The molecule has 0 radical (unpaired) electrons. The normalized spacial score (nSPS) is 15.1. The highest BCUT2D eigenvalue weighted by atomic mass is 32.1. The summed E-state index contributed by atoms with van der Waals surface area (Å²) in [7, 11) is 0. The number of pyridine rings is 1. The Bertz CT molecular complexity index is 844. The molecule has 1 aliphatic rings. The van der Waals surface area contributed by atoms with Crippen molar-refractivity contribution in [1.29, 1.82) is 0 Å². The molecular weight excluding hydrogens is 358 g/mol. The van der Waals surface area contributed by atoms with Crippen LogP contribution in [0.4, 0.5) is 10.8 Å². The van der Waals surface area contributed by atoms with Crippen molar-refractivity contribution < 1.29 is 5.11 Å². The molecule has 0 atom stereocenters. The third kappa shape index (κ3) is 4.43. The highest BCUT2D eigenvalue weighted by Gasteiger charge is 2.18. The SMILES string of the molecule is OCC1CCN(c2ccc(CNc3nnc(-c4ccccn4)s3)cc2)CC1. The Labute approximate surface area is 162 Å². The summed E-state index contributed by atoms with van der Waals surface area (Å²) < 4.78 is 0. The predicted octanol–water partition coefficient (Wildman–Crippen LogP) is 3.42. The lowest BCUT2D eigenvalue weighted by atomic mass is 9.97. The number of nitrogens with zero attached hydrogens (tertiary/aromatic N) is 4. The van der Waals surface area contributed by atoms with Gasteiger partial charge in [0.05, 0.1) is 0 Å². The van der Waals surface area contributed by atoms with Gasteiger partial charge in [-0.1, -0.05) is 29.5 Å². The first-order chi connectivity index (χ1) is 13.3. The predicted molar refractivity (Wildman–Crippen MR) is 109 cm³/mol. The molecule has 0 saturated carbocycles. The zero-order valence-electron chi connectivity index (χ0n) is 15.1. The summed E-state index contributed by atoms with van der Waals surface area (Å²) in [4.78, 5) is 6.70. The van der Waals surface area contributed by atoms with Crippen LogP contribution >= 0.6 is 11.3 Å². The third-order valence-corrected chi connectivity index (χ3v) is 5.83. The third-order valence-electron chi connectivity index (χ3n) is 4.93. The number of aliphatic hydroxyl groups is 1. The fourth-order valence-corrected chi connectivity index (χ4v) is 3.98. The minimum absolute atomic E-state index is 0.312. The van der Waals surface area contributed by atoms with E-state index in [0.717, 1.165) is 41.8 Å². The van der Waals surface area contributed by atoms with Crippen LogP contribution in [0.1, 0.15) is 18.4 Å². The number of nitrogens with one attached hydrogen (secondary N) is 1. The second-order valence-corrected chi connectivity index (χ2v) is 7.74. The van der Waals surface area contributed by atoms with E-state index in [2.05, 4.69) is 49.7 Å². The molecule has 4 rings (SSSR count). The quantitative estimate of drug-likeness (QED) is 0.682. The van der Waals surface area contributed by atoms with E-state index in [1.807, 2.05) is 18.2 Å². The van der Waals surface area contributed by atoms with Crippen LogP contribution in [-0.2, 0) is 6.54 Å². The van der Waals surface area contributed by atoms with Gasteiger partial charge in [-0.05, 0) is 48.6 Å². The summed E-state index contributed by atoms with van der Waals surface area (Å²) in [6, 6.07) is 14.4. The number of hydrogen-bond donors (Lipinski definition) is 2. The lowest BCUT2D eigenvalue weighted by molar-refractivity contribution is 0.203. The standard InChI is InChI=1S/C20H23N5OS/c26-14-16-8-11-25(12-9-16)17-6-4-15(5-7-17)13-22-20-24-23-19(27-20)18-3-1-2-10-21-18/h1-7,10,16,26H,8-9,11-14H2,(H,22,24). The van der Waals surface area contributed by atoms with E-state index >= 15 is 0 Å². The molecule has 3 aromatic rings. The molecule has 1 aliphatic heterocycles. The maximum atomic E-state index is 9.27. The molecule has 2 N–H and O–H groups in total. The van der Waals surface area contributed by atoms with Gasteiger partial charge in [0.1, 0.15) is 5.69 Å².